The van der Waals surface area contributed by atoms with E-state index in [1.807, 2.05) is 30.3 Å². The van der Waals surface area contributed by atoms with Crippen LogP contribution in [0.3, 0.4) is 0 Å². The van der Waals surface area contributed by atoms with Crippen molar-refractivity contribution in [2.24, 2.45) is 11.1 Å². The van der Waals surface area contributed by atoms with Gasteiger partial charge < -0.3 is 5.21 Å². The molecule has 1 N–H and O–H groups in total. The van der Waals surface area contributed by atoms with E-state index in [4.69, 9.17) is 5.21 Å². The first-order chi connectivity index (χ1) is 6.83. The van der Waals surface area contributed by atoms with Crippen molar-refractivity contribution in [2.75, 3.05) is 0 Å². The van der Waals surface area contributed by atoms with Crippen molar-refractivity contribution in [1.29, 1.82) is 0 Å². The normalized spacial score (nSPS) is 12.1. The third-order valence-corrected chi connectivity index (χ3v) is 2.55. The van der Waals surface area contributed by atoms with E-state index in [9.17, 15) is 0 Å². The summed E-state index contributed by atoms with van der Waals surface area (Å²) in [6, 6.07) is 9.85. The van der Waals surface area contributed by atoms with Crippen LogP contribution in [0.1, 0.15) is 32.3 Å². The van der Waals surface area contributed by atoms with Crippen LogP contribution < -0.4 is 0 Å². The Balaban J connectivity index is 2.94. The fraction of sp³-hybridized carbons (Fsp3) is 0.417. The van der Waals surface area contributed by atoms with E-state index in [2.05, 4.69) is 19.0 Å². The monoisotopic (exact) mass is 191 g/mol. The molecule has 2 nitrogen and oxygen atoms in total. The van der Waals surface area contributed by atoms with E-state index in [0.29, 0.717) is 5.92 Å². The average molecular weight is 191 g/mol. The number of benzene rings is 1. The molecule has 0 spiro atoms. The summed E-state index contributed by atoms with van der Waals surface area (Å²) in [4.78, 5) is 0. The van der Waals surface area contributed by atoms with Crippen LogP contribution in [0.2, 0.25) is 0 Å². The van der Waals surface area contributed by atoms with Crippen LogP contribution in [-0.2, 0) is 0 Å². The van der Waals surface area contributed by atoms with Gasteiger partial charge in [-0.1, -0.05) is 49.3 Å². The Bertz CT molecular complexity index is 288. The number of hydrogen-bond acceptors (Lipinski definition) is 2. The second-order valence-electron chi connectivity index (χ2n) is 3.36. The molecule has 1 rings (SSSR count). The molecule has 76 valence electrons. The molecule has 0 heterocycles. The molecular weight excluding hydrogens is 174 g/mol. The van der Waals surface area contributed by atoms with E-state index >= 15 is 0 Å². The molecule has 0 fully saturated rings. The van der Waals surface area contributed by atoms with Crippen LogP contribution >= 0.6 is 0 Å². The molecule has 0 saturated carbocycles. The lowest BCUT2D eigenvalue weighted by Gasteiger charge is -2.13. The van der Waals surface area contributed by atoms with Crippen LogP contribution in [-0.4, -0.2) is 10.9 Å². The minimum absolute atomic E-state index is 0.349. The average Bonchev–Trinajstić information content (AvgIpc) is 2.27. The highest BCUT2D eigenvalue weighted by molar-refractivity contribution is 6.01. The third kappa shape index (κ3) is 2.34. The van der Waals surface area contributed by atoms with Gasteiger partial charge in [0.05, 0.1) is 5.71 Å². The lowest BCUT2D eigenvalue weighted by atomic mass is 9.92. The van der Waals surface area contributed by atoms with Gasteiger partial charge in [-0.25, -0.2) is 0 Å². The number of nitrogens with zero attached hydrogens (tertiary/aromatic N) is 1. The topological polar surface area (TPSA) is 32.6 Å². The molecule has 0 aliphatic heterocycles. The second kappa shape index (κ2) is 5.43. The first-order valence-corrected chi connectivity index (χ1v) is 5.10. The Labute approximate surface area is 85.3 Å². The van der Waals surface area contributed by atoms with Crippen LogP contribution in [0.15, 0.2) is 35.5 Å². The van der Waals surface area contributed by atoms with Crippen LogP contribution in [0.4, 0.5) is 0 Å². The van der Waals surface area contributed by atoms with E-state index in [1.165, 1.54) is 0 Å². The van der Waals surface area contributed by atoms with E-state index in [-0.39, 0.29) is 0 Å². The van der Waals surface area contributed by atoms with Crippen LogP contribution in [0.5, 0.6) is 0 Å². The van der Waals surface area contributed by atoms with Crippen molar-refractivity contribution in [3.8, 4) is 0 Å². The Morgan fingerprint density at radius 2 is 1.79 bits per heavy atom. The fourth-order valence-corrected chi connectivity index (χ4v) is 1.66. The van der Waals surface area contributed by atoms with Crippen LogP contribution in [0.25, 0.3) is 0 Å². The van der Waals surface area contributed by atoms with Crippen molar-refractivity contribution in [1.82, 2.24) is 0 Å². The summed E-state index contributed by atoms with van der Waals surface area (Å²) >= 11 is 0. The highest BCUT2D eigenvalue weighted by atomic mass is 16.4. The van der Waals surface area contributed by atoms with Gasteiger partial charge in [-0.3, -0.25) is 0 Å². The minimum atomic E-state index is 0.349. The lowest BCUT2D eigenvalue weighted by molar-refractivity contribution is 0.314. The summed E-state index contributed by atoms with van der Waals surface area (Å²) in [7, 11) is 0. The zero-order valence-corrected chi connectivity index (χ0v) is 8.77. The molecule has 0 radical (unpaired) electrons. The van der Waals surface area contributed by atoms with E-state index in [0.717, 1.165) is 24.1 Å². The van der Waals surface area contributed by atoms with Crippen molar-refractivity contribution in [3.63, 3.8) is 0 Å². The first-order valence-electron chi connectivity index (χ1n) is 5.10. The molecule has 0 amide bonds. The molecule has 1 aromatic rings. The lowest BCUT2D eigenvalue weighted by Crippen LogP contribution is -2.14. The number of oxime groups is 1. The molecule has 14 heavy (non-hydrogen) atoms. The van der Waals surface area contributed by atoms with Crippen molar-refractivity contribution in [3.05, 3.63) is 35.9 Å². The molecule has 0 aliphatic carbocycles. The Morgan fingerprint density at radius 3 is 2.21 bits per heavy atom. The van der Waals surface area contributed by atoms with Crippen molar-refractivity contribution < 1.29 is 5.21 Å². The fourth-order valence-electron chi connectivity index (χ4n) is 1.66. The van der Waals surface area contributed by atoms with Gasteiger partial charge in [0.1, 0.15) is 0 Å². The van der Waals surface area contributed by atoms with Gasteiger partial charge in [0.2, 0.25) is 0 Å². The van der Waals surface area contributed by atoms with Gasteiger partial charge in [-0.05, 0) is 18.4 Å². The molecule has 0 saturated heterocycles. The minimum Gasteiger partial charge on any atom is -0.411 e. The molecule has 1 aromatic carbocycles. The molecule has 0 atom stereocenters. The van der Waals surface area contributed by atoms with E-state index in [1.54, 1.807) is 0 Å². The number of hydrogen-bond donors (Lipinski definition) is 1. The summed E-state index contributed by atoms with van der Waals surface area (Å²) in [6.07, 6.45) is 2.01. The molecule has 2 heteroatoms. The number of rotatable bonds is 4. The quantitative estimate of drug-likeness (QED) is 0.442. The Kier molecular flexibility index (Phi) is 4.17. The van der Waals surface area contributed by atoms with Gasteiger partial charge in [-0.2, -0.15) is 0 Å². The van der Waals surface area contributed by atoms with Gasteiger partial charge in [0.25, 0.3) is 0 Å². The van der Waals surface area contributed by atoms with Gasteiger partial charge >= 0.3 is 0 Å². The smallest absolute Gasteiger partial charge is 0.0898 e. The van der Waals surface area contributed by atoms with Gasteiger partial charge in [0, 0.05) is 5.92 Å². The summed E-state index contributed by atoms with van der Waals surface area (Å²) < 4.78 is 0. The summed E-state index contributed by atoms with van der Waals surface area (Å²) in [6.45, 7) is 4.23. The summed E-state index contributed by atoms with van der Waals surface area (Å²) in [5.74, 6) is 0.349. The highest BCUT2D eigenvalue weighted by Gasteiger charge is 2.14. The predicted molar refractivity (Wildman–Crippen MR) is 58.8 cm³/mol. The first kappa shape index (κ1) is 10.8. The van der Waals surface area contributed by atoms with E-state index < -0.39 is 0 Å². The Hall–Kier alpha value is -1.31. The molecule has 0 aliphatic rings. The Morgan fingerprint density at radius 1 is 1.21 bits per heavy atom. The van der Waals surface area contributed by atoms with Crippen molar-refractivity contribution >= 4 is 5.71 Å². The zero-order valence-electron chi connectivity index (χ0n) is 8.77. The largest absolute Gasteiger partial charge is 0.411 e. The zero-order chi connectivity index (χ0) is 10.4. The summed E-state index contributed by atoms with van der Waals surface area (Å²) in [5, 5.41) is 12.4. The maximum atomic E-state index is 9.00. The molecular formula is C12H17NO. The second-order valence-corrected chi connectivity index (χ2v) is 3.36. The maximum absolute atomic E-state index is 9.00. The van der Waals surface area contributed by atoms with Gasteiger partial charge in [0.15, 0.2) is 0 Å². The van der Waals surface area contributed by atoms with Crippen LogP contribution in [0, 0.1) is 5.92 Å². The standard InChI is InChI=1S/C12H17NO/c1-3-10(4-2)12(13-14)11-8-6-5-7-9-11/h5-10,14H,3-4H2,1-2H3. The molecule has 0 bridgehead atoms. The predicted octanol–water partition coefficient (Wildman–Crippen LogP) is 3.30. The molecule has 0 unspecified atom stereocenters. The van der Waals surface area contributed by atoms with Gasteiger partial charge in [-0.15, -0.1) is 0 Å². The van der Waals surface area contributed by atoms with Crippen molar-refractivity contribution in [2.45, 2.75) is 26.7 Å². The third-order valence-electron chi connectivity index (χ3n) is 2.55. The highest BCUT2D eigenvalue weighted by Crippen LogP contribution is 2.16. The molecule has 0 aromatic heterocycles. The SMILES string of the molecule is CCC(CC)C(=NO)c1ccccc1. The summed E-state index contributed by atoms with van der Waals surface area (Å²) in [5.41, 5.74) is 1.82. The maximum Gasteiger partial charge on any atom is 0.0898 e.